The van der Waals surface area contributed by atoms with Crippen LogP contribution in [0.2, 0.25) is 0 Å². The maximum Gasteiger partial charge on any atom is 0.240 e. The first-order valence-electron chi connectivity index (χ1n) is 6.00. The van der Waals surface area contributed by atoms with Crippen LogP contribution in [0.5, 0.6) is 0 Å². The van der Waals surface area contributed by atoms with Crippen LogP contribution in [0.15, 0.2) is 29.2 Å². The minimum atomic E-state index is -3.38. The van der Waals surface area contributed by atoms with Gasteiger partial charge in [0.05, 0.1) is 11.5 Å². The molecule has 0 amide bonds. The summed E-state index contributed by atoms with van der Waals surface area (Å²) in [7, 11) is -1.98. The van der Waals surface area contributed by atoms with Crippen molar-refractivity contribution in [3.05, 3.63) is 24.3 Å². The molecule has 1 unspecified atom stereocenters. The lowest BCUT2D eigenvalue weighted by Gasteiger charge is -2.24. The van der Waals surface area contributed by atoms with Gasteiger partial charge in [-0.25, -0.2) is 13.1 Å². The molecule has 1 fully saturated rings. The highest BCUT2D eigenvalue weighted by Gasteiger charge is 2.15. The van der Waals surface area contributed by atoms with E-state index in [1.807, 2.05) is 6.07 Å². The molecule has 18 heavy (non-hydrogen) atoms. The zero-order valence-corrected chi connectivity index (χ0v) is 11.2. The van der Waals surface area contributed by atoms with E-state index in [1.165, 1.54) is 7.05 Å². The summed E-state index contributed by atoms with van der Waals surface area (Å²) in [5.74, 6) is 0. The van der Waals surface area contributed by atoms with E-state index in [-0.39, 0.29) is 10.9 Å². The average molecular weight is 270 g/mol. The first kappa shape index (κ1) is 13.3. The molecular weight excluding hydrogens is 252 g/mol. The Morgan fingerprint density at radius 3 is 2.89 bits per heavy atom. The van der Waals surface area contributed by atoms with Crippen LogP contribution in [0.3, 0.4) is 0 Å². The van der Waals surface area contributed by atoms with Crippen LogP contribution in [-0.2, 0) is 14.8 Å². The molecule has 5 nitrogen and oxygen atoms in total. The average Bonchev–Trinajstić information content (AvgIpc) is 2.40. The molecule has 0 spiro atoms. The van der Waals surface area contributed by atoms with Crippen LogP contribution in [0.1, 0.15) is 12.8 Å². The van der Waals surface area contributed by atoms with E-state index >= 15 is 0 Å². The van der Waals surface area contributed by atoms with Gasteiger partial charge in [0.25, 0.3) is 0 Å². The van der Waals surface area contributed by atoms with Crippen molar-refractivity contribution >= 4 is 15.7 Å². The Kier molecular flexibility index (Phi) is 4.21. The molecular formula is C12H18N2O3S. The molecule has 1 aromatic carbocycles. The van der Waals surface area contributed by atoms with Gasteiger partial charge in [0.2, 0.25) is 10.0 Å². The molecule has 100 valence electrons. The maximum atomic E-state index is 11.7. The molecule has 1 aliphatic rings. The van der Waals surface area contributed by atoms with E-state index in [4.69, 9.17) is 4.74 Å². The van der Waals surface area contributed by atoms with Crippen molar-refractivity contribution in [3.63, 3.8) is 0 Å². The van der Waals surface area contributed by atoms with Crippen molar-refractivity contribution in [2.45, 2.75) is 23.8 Å². The largest absolute Gasteiger partial charge is 0.380 e. The molecule has 0 aromatic heterocycles. The standard InChI is InChI=1S/C12H18N2O3S/c1-13-18(15,16)12-6-2-4-10(8-12)14-11-5-3-7-17-9-11/h2,4,6,8,11,13-14H,3,5,7,9H2,1H3. The fraction of sp³-hybridized carbons (Fsp3) is 0.500. The topological polar surface area (TPSA) is 67.4 Å². The fourth-order valence-electron chi connectivity index (χ4n) is 1.96. The van der Waals surface area contributed by atoms with Crippen LogP contribution in [-0.4, -0.2) is 34.7 Å². The monoisotopic (exact) mass is 270 g/mol. The molecule has 6 heteroatoms. The van der Waals surface area contributed by atoms with Gasteiger partial charge in [-0.1, -0.05) is 6.07 Å². The third kappa shape index (κ3) is 3.22. The number of hydrogen-bond acceptors (Lipinski definition) is 4. The number of anilines is 1. The Balaban J connectivity index is 2.12. The first-order valence-corrected chi connectivity index (χ1v) is 7.48. The SMILES string of the molecule is CNS(=O)(=O)c1cccc(NC2CCCOC2)c1. The lowest BCUT2D eigenvalue weighted by Crippen LogP contribution is -2.30. The summed E-state index contributed by atoms with van der Waals surface area (Å²) in [4.78, 5) is 0.270. The lowest BCUT2D eigenvalue weighted by atomic mass is 10.1. The minimum absolute atomic E-state index is 0.256. The maximum absolute atomic E-state index is 11.7. The van der Waals surface area contributed by atoms with Crippen molar-refractivity contribution in [1.29, 1.82) is 0 Å². The molecule has 2 rings (SSSR count). The van der Waals surface area contributed by atoms with Crippen LogP contribution >= 0.6 is 0 Å². The Labute approximate surface area is 108 Å². The molecule has 0 radical (unpaired) electrons. The van der Waals surface area contributed by atoms with Crippen molar-refractivity contribution in [3.8, 4) is 0 Å². The second-order valence-corrected chi connectivity index (χ2v) is 6.18. The fourth-order valence-corrected chi connectivity index (χ4v) is 2.74. The third-order valence-corrected chi connectivity index (χ3v) is 4.36. The number of nitrogens with one attached hydrogen (secondary N) is 2. The van der Waals surface area contributed by atoms with Gasteiger partial charge in [-0.2, -0.15) is 0 Å². The van der Waals surface area contributed by atoms with Gasteiger partial charge >= 0.3 is 0 Å². The van der Waals surface area contributed by atoms with Crippen LogP contribution < -0.4 is 10.0 Å². The summed E-state index contributed by atoms with van der Waals surface area (Å²) < 4.78 is 31.1. The molecule has 1 saturated heterocycles. The van der Waals surface area contributed by atoms with Crippen LogP contribution in [0, 0.1) is 0 Å². The van der Waals surface area contributed by atoms with E-state index in [9.17, 15) is 8.42 Å². The van der Waals surface area contributed by atoms with Crippen LogP contribution in [0.4, 0.5) is 5.69 Å². The highest BCUT2D eigenvalue weighted by atomic mass is 32.2. The predicted molar refractivity (Wildman–Crippen MR) is 70.2 cm³/mol. The Morgan fingerprint density at radius 2 is 2.22 bits per heavy atom. The van der Waals surface area contributed by atoms with Crippen molar-refractivity contribution in [2.24, 2.45) is 0 Å². The number of ether oxygens (including phenoxy) is 1. The molecule has 1 aromatic rings. The van der Waals surface area contributed by atoms with Crippen molar-refractivity contribution < 1.29 is 13.2 Å². The predicted octanol–water partition coefficient (Wildman–Crippen LogP) is 1.19. The number of rotatable bonds is 4. The summed E-state index contributed by atoms with van der Waals surface area (Å²) in [6.07, 6.45) is 2.08. The van der Waals surface area contributed by atoms with E-state index in [0.717, 1.165) is 25.1 Å². The lowest BCUT2D eigenvalue weighted by molar-refractivity contribution is 0.0876. The van der Waals surface area contributed by atoms with E-state index in [1.54, 1.807) is 18.2 Å². The summed E-state index contributed by atoms with van der Waals surface area (Å²) in [6, 6.07) is 7.07. The molecule has 0 aliphatic carbocycles. The van der Waals surface area contributed by atoms with Crippen LogP contribution in [0.25, 0.3) is 0 Å². The highest BCUT2D eigenvalue weighted by Crippen LogP contribution is 2.18. The number of benzene rings is 1. The minimum Gasteiger partial charge on any atom is -0.380 e. The van der Waals surface area contributed by atoms with Gasteiger partial charge in [-0.3, -0.25) is 0 Å². The molecule has 0 saturated carbocycles. The zero-order chi connectivity index (χ0) is 13.0. The molecule has 0 bridgehead atoms. The second-order valence-electron chi connectivity index (χ2n) is 4.29. The van der Waals surface area contributed by atoms with E-state index in [2.05, 4.69) is 10.0 Å². The second kappa shape index (κ2) is 5.69. The summed E-state index contributed by atoms with van der Waals surface area (Å²) in [6.45, 7) is 1.48. The van der Waals surface area contributed by atoms with Crippen molar-refractivity contribution in [2.75, 3.05) is 25.6 Å². The van der Waals surface area contributed by atoms with Gasteiger partial charge in [-0.05, 0) is 38.1 Å². The van der Waals surface area contributed by atoms with E-state index in [0.29, 0.717) is 6.61 Å². The normalized spacial score (nSPS) is 20.6. The molecule has 1 heterocycles. The highest BCUT2D eigenvalue weighted by molar-refractivity contribution is 7.89. The molecule has 1 atom stereocenters. The quantitative estimate of drug-likeness (QED) is 0.862. The van der Waals surface area contributed by atoms with Gasteiger partial charge in [0.15, 0.2) is 0 Å². The van der Waals surface area contributed by atoms with Gasteiger partial charge in [0, 0.05) is 18.3 Å². The number of hydrogen-bond donors (Lipinski definition) is 2. The number of sulfonamides is 1. The zero-order valence-electron chi connectivity index (χ0n) is 10.3. The Hall–Kier alpha value is -1.11. The third-order valence-electron chi connectivity index (χ3n) is 2.94. The van der Waals surface area contributed by atoms with E-state index < -0.39 is 10.0 Å². The summed E-state index contributed by atoms with van der Waals surface area (Å²) in [5, 5.41) is 3.30. The smallest absolute Gasteiger partial charge is 0.240 e. The Bertz CT molecular complexity index is 496. The summed E-state index contributed by atoms with van der Waals surface area (Å²) in [5.41, 5.74) is 0.807. The summed E-state index contributed by atoms with van der Waals surface area (Å²) >= 11 is 0. The first-order chi connectivity index (χ1) is 8.62. The molecule has 2 N–H and O–H groups in total. The van der Waals surface area contributed by atoms with Crippen molar-refractivity contribution in [1.82, 2.24) is 4.72 Å². The van der Waals surface area contributed by atoms with Gasteiger partial charge in [-0.15, -0.1) is 0 Å². The van der Waals surface area contributed by atoms with Gasteiger partial charge < -0.3 is 10.1 Å². The van der Waals surface area contributed by atoms with Gasteiger partial charge in [0.1, 0.15) is 0 Å². The molecule has 1 aliphatic heterocycles. The Morgan fingerprint density at radius 1 is 1.39 bits per heavy atom.